The summed E-state index contributed by atoms with van der Waals surface area (Å²) in [5.74, 6) is 0.376. The third kappa shape index (κ3) is 4.23. The highest BCUT2D eigenvalue weighted by atomic mass is 32.2. The first kappa shape index (κ1) is 19.9. The van der Waals surface area contributed by atoms with Crippen molar-refractivity contribution in [2.75, 3.05) is 20.1 Å². The van der Waals surface area contributed by atoms with Gasteiger partial charge in [-0.05, 0) is 37.0 Å². The average Bonchev–Trinajstić information content (AvgIpc) is 2.62. The Hall–Kier alpha value is -1.40. The van der Waals surface area contributed by atoms with Gasteiger partial charge in [0.15, 0.2) is 0 Å². The monoisotopic (exact) mass is 366 g/mol. The number of benzene rings is 1. The van der Waals surface area contributed by atoms with Crippen LogP contribution in [0, 0.1) is 5.92 Å². The van der Waals surface area contributed by atoms with E-state index in [0.717, 1.165) is 19.3 Å². The predicted octanol–water partition coefficient (Wildman–Crippen LogP) is 3.37. The molecule has 5 nitrogen and oxygen atoms in total. The zero-order valence-corrected chi connectivity index (χ0v) is 16.6. The molecule has 1 aromatic rings. The maximum absolute atomic E-state index is 12.9. The van der Waals surface area contributed by atoms with Crippen molar-refractivity contribution in [3.05, 3.63) is 29.8 Å². The number of hydrogen-bond acceptors (Lipinski definition) is 3. The molecule has 0 radical (unpaired) electrons. The first-order valence-corrected chi connectivity index (χ1v) is 10.6. The lowest BCUT2D eigenvalue weighted by atomic mass is 9.85. The number of sulfonamides is 1. The maximum atomic E-state index is 12.9. The molecule has 1 aliphatic carbocycles. The van der Waals surface area contributed by atoms with Crippen LogP contribution in [-0.4, -0.2) is 49.7 Å². The molecule has 25 heavy (non-hydrogen) atoms. The van der Waals surface area contributed by atoms with Gasteiger partial charge in [0, 0.05) is 31.7 Å². The Kier molecular flexibility index (Phi) is 6.63. The predicted molar refractivity (Wildman–Crippen MR) is 100 cm³/mol. The molecule has 140 valence electrons. The highest BCUT2D eigenvalue weighted by molar-refractivity contribution is 7.89. The van der Waals surface area contributed by atoms with Crippen molar-refractivity contribution in [1.82, 2.24) is 9.21 Å². The highest BCUT2D eigenvalue weighted by Crippen LogP contribution is 2.28. The molecule has 2 atom stereocenters. The van der Waals surface area contributed by atoms with E-state index in [-0.39, 0.29) is 16.8 Å². The molecule has 1 fully saturated rings. The molecule has 0 heterocycles. The zero-order valence-electron chi connectivity index (χ0n) is 15.7. The lowest BCUT2D eigenvalue weighted by Crippen LogP contribution is -2.42. The van der Waals surface area contributed by atoms with Crippen molar-refractivity contribution in [3.63, 3.8) is 0 Å². The van der Waals surface area contributed by atoms with Gasteiger partial charge in [0.2, 0.25) is 10.0 Å². The van der Waals surface area contributed by atoms with Gasteiger partial charge in [-0.3, -0.25) is 4.79 Å². The SMILES string of the molecule is CCN(CC)S(=O)(=O)c1cccc(C(=O)N(C)C2CCCCC2C)c1. The molecule has 6 heteroatoms. The second-order valence-corrected chi connectivity index (χ2v) is 8.80. The first-order valence-electron chi connectivity index (χ1n) is 9.20. The summed E-state index contributed by atoms with van der Waals surface area (Å²) in [5, 5.41) is 0. The van der Waals surface area contributed by atoms with Crippen LogP contribution >= 0.6 is 0 Å². The van der Waals surface area contributed by atoms with Gasteiger partial charge in [0.05, 0.1) is 4.90 Å². The van der Waals surface area contributed by atoms with Gasteiger partial charge >= 0.3 is 0 Å². The molecule has 1 saturated carbocycles. The molecule has 0 spiro atoms. The number of hydrogen-bond donors (Lipinski definition) is 0. The minimum atomic E-state index is -3.56. The normalized spacial score (nSPS) is 21.3. The van der Waals surface area contributed by atoms with Crippen molar-refractivity contribution >= 4 is 15.9 Å². The molecule has 0 bridgehead atoms. The van der Waals surface area contributed by atoms with Crippen LogP contribution in [-0.2, 0) is 10.0 Å². The van der Waals surface area contributed by atoms with E-state index in [1.165, 1.54) is 16.8 Å². The lowest BCUT2D eigenvalue weighted by molar-refractivity contribution is 0.0628. The van der Waals surface area contributed by atoms with E-state index in [2.05, 4.69) is 6.92 Å². The van der Waals surface area contributed by atoms with Crippen LogP contribution in [0.3, 0.4) is 0 Å². The van der Waals surface area contributed by atoms with Crippen molar-refractivity contribution < 1.29 is 13.2 Å². The summed E-state index contributed by atoms with van der Waals surface area (Å²) >= 11 is 0. The van der Waals surface area contributed by atoms with E-state index in [1.54, 1.807) is 23.1 Å². The van der Waals surface area contributed by atoms with Crippen molar-refractivity contribution in [2.45, 2.75) is 57.4 Å². The minimum Gasteiger partial charge on any atom is -0.338 e. The topological polar surface area (TPSA) is 57.7 Å². The number of nitrogens with zero attached hydrogens (tertiary/aromatic N) is 2. The maximum Gasteiger partial charge on any atom is 0.253 e. The molecule has 0 aromatic heterocycles. The van der Waals surface area contributed by atoms with Crippen LogP contribution in [0.25, 0.3) is 0 Å². The molecule has 1 amide bonds. The Labute approximate surface area is 152 Å². The molecule has 2 rings (SSSR count). The van der Waals surface area contributed by atoms with Crippen molar-refractivity contribution in [2.24, 2.45) is 5.92 Å². The van der Waals surface area contributed by atoms with E-state index in [0.29, 0.717) is 24.6 Å². The molecule has 1 aromatic carbocycles. The van der Waals surface area contributed by atoms with Crippen LogP contribution in [0.2, 0.25) is 0 Å². The number of rotatable bonds is 6. The Balaban J connectivity index is 2.27. The van der Waals surface area contributed by atoms with E-state index in [1.807, 2.05) is 20.9 Å². The van der Waals surface area contributed by atoms with Crippen LogP contribution in [0.15, 0.2) is 29.2 Å². The molecule has 0 aliphatic heterocycles. The quantitative estimate of drug-likeness (QED) is 0.776. The van der Waals surface area contributed by atoms with Gasteiger partial charge in [0.25, 0.3) is 5.91 Å². The molecule has 1 aliphatic rings. The summed E-state index contributed by atoms with van der Waals surface area (Å²) in [4.78, 5) is 14.9. The van der Waals surface area contributed by atoms with Gasteiger partial charge in [0.1, 0.15) is 0 Å². The fourth-order valence-electron chi connectivity index (χ4n) is 3.73. The minimum absolute atomic E-state index is 0.102. The second kappa shape index (κ2) is 8.32. The summed E-state index contributed by atoms with van der Waals surface area (Å²) in [6.45, 7) is 6.64. The smallest absolute Gasteiger partial charge is 0.253 e. The Morgan fingerprint density at radius 1 is 1.16 bits per heavy atom. The fourth-order valence-corrected chi connectivity index (χ4v) is 5.23. The molecule has 0 saturated heterocycles. The van der Waals surface area contributed by atoms with E-state index in [4.69, 9.17) is 0 Å². The Bertz CT molecular complexity index is 698. The number of carbonyl (C=O) groups excluding carboxylic acids is 1. The summed E-state index contributed by atoms with van der Waals surface area (Å²) < 4.78 is 26.8. The van der Waals surface area contributed by atoms with Gasteiger partial charge in [-0.1, -0.05) is 39.7 Å². The molecule has 0 N–H and O–H groups in total. The number of carbonyl (C=O) groups is 1. The van der Waals surface area contributed by atoms with E-state index in [9.17, 15) is 13.2 Å². The molecular weight excluding hydrogens is 336 g/mol. The summed E-state index contributed by atoms with van der Waals surface area (Å²) in [6, 6.07) is 6.66. The van der Waals surface area contributed by atoms with Crippen LogP contribution in [0.4, 0.5) is 0 Å². The average molecular weight is 367 g/mol. The van der Waals surface area contributed by atoms with Gasteiger partial charge in [-0.2, -0.15) is 4.31 Å². The third-order valence-corrected chi connectivity index (χ3v) is 7.35. The Morgan fingerprint density at radius 2 is 1.80 bits per heavy atom. The second-order valence-electron chi connectivity index (χ2n) is 6.86. The van der Waals surface area contributed by atoms with E-state index >= 15 is 0 Å². The van der Waals surface area contributed by atoms with Crippen LogP contribution in [0.1, 0.15) is 56.8 Å². The van der Waals surface area contributed by atoms with Gasteiger partial charge in [-0.25, -0.2) is 8.42 Å². The molecular formula is C19H30N2O3S. The van der Waals surface area contributed by atoms with Crippen LogP contribution < -0.4 is 0 Å². The summed E-state index contributed by atoms with van der Waals surface area (Å²) in [7, 11) is -1.72. The van der Waals surface area contributed by atoms with Crippen molar-refractivity contribution in [1.29, 1.82) is 0 Å². The highest BCUT2D eigenvalue weighted by Gasteiger charge is 2.29. The van der Waals surface area contributed by atoms with Gasteiger partial charge in [-0.15, -0.1) is 0 Å². The summed E-state index contributed by atoms with van der Waals surface area (Å²) in [6.07, 6.45) is 4.51. The van der Waals surface area contributed by atoms with Crippen LogP contribution in [0.5, 0.6) is 0 Å². The largest absolute Gasteiger partial charge is 0.338 e. The first-order chi connectivity index (χ1) is 11.8. The lowest BCUT2D eigenvalue weighted by Gasteiger charge is -2.36. The van der Waals surface area contributed by atoms with Gasteiger partial charge < -0.3 is 4.90 Å². The standard InChI is InChI=1S/C19H30N2O3S/c1-5-21(6-2)25(23,24)17-12-9-11-16(14-17)19(22)20(4)18-13-8-7-10-15(18)3/h9,11-12,14-15,18H,5-8,10,13H2,1-4H3. The summed E-state index contributed by atoms with van der Waals surface area (Å²) in [5.41, 5.74) is 0.438. The number of amides is 1. The van der Waals surface area contributed by atoms with E-state index < -0.39 is 10.0 Å². The fraction of sp³-hybridized carbons (Fsp3) is 0.632. The third-order valence-electron chi connectivity index (χ3n) is 5.31. The molecule has 2 unspecified atom stereocenters. The zero-order chi connectivity index (χ0) is 18.6. The Morgan fingerprint density at radius 3 is 2.40 bits per heavy atom. The van der Waals surface area contributed by atoms with Crippen molar-refractivity contribution in [3.8, 4) is 0 Å².